The Morgan fingerprint density at radius 1 is 1.38 bits per heavy atom. The van der Waals surface area contributed by atoms with Crippen molar-refractivity contribution in [2.75, 3.05) is 7.11 Å². The van der Waals surface area contributed by atoms with Crippen molar-refractivity contribution >= 4 is 27.3 Å². The largest absolute Gasteiger partial charge is 0.493 e. The third kappa shape index (κ3) is 4.18. The van der Waals surface area contributed by atoms with Gasteiger partial charge in [-0.1, -0.05) is 6.92 Å². The third-order valence-corrected chi connectivity index (χ3v) is 4.50. The van der Waals surface area contributed by atoms with Crippen LogP contribution in [0.4, 0.5) is 0 Å². The van der Waals surface area contributed by atoms with Gasteiger partial charge in [-0.05, 0) is 46.5 Å². The summed E-state index contributed by atoms with van der Waals surface area (Å²) in [5, 5.41) is 3.19. The van der Waals surface area contributed by atoms with Gasteiger partial charge >= 0.3 is 0 Å². The lowest BCUT2D eigenvalue weighted by Gasteiger charge is -2.13. The van der Waals surface area contributed by atoms with Crippen LogP contribution < -0.4 is 15.2 Å². The zero-order valence-electron chi connectivity index (χ0n) is 12.2. The van der Waals surface area contributed by atoms with Crippen LogP contribution >= 0.6 is 27.3 Å². The van der Waals surface area contributed by atoms with Crippen molar-refractivity contribution in [3.05, 3.63) is 38.3 Å². The molecule has 0 unspecified atom stereocenters. The van der Waals surface area contributed by atoms with Crippen LogP contribution in [0.15, 0.2) is 22.0 Å². The molecule has 2 N–H and O–H groups in total. The van der Waals surface area contributed by atoms with Gasteiger partial charge in [0.1, 0.15) is 6.61 Å². The number of aryl methyl sites for hydroxylation is 1. The number of nitrogens with zero attached hydrogens (tertiary/aromatic N) is 1. The fourth-order valence-electron chi connectivity index (χ4n) is 1.92. The lowest BCUT2D eigenvalue weighted by Crippen LogP contribution is -2.02. The predicted octanol–water partition coefficient (Wildman–Crippen LogP) is 3.90. The smallest absolute Gasteiger partial charge is 0.175 e. The van der Waals surface area contributed by atoms with Gasteiger partial charge in [0.15, 0.2) is 11.5 Å². The minimum Gasteiger partial charge on any atom is -0.493 e. The number of hydrogen-bond acceptors (Lipinski definition) is 5. The summed E-state index contributed by atoms with van der Waals surface area (Å²) in [5.41, 5.74) is 7.60. The van der Waals surface area contributed by atoms with Gasteiger partial charge in [0, 0.05) is 11.9 Å². The summed E-state index contributed by atoms with van der Waals surface area (Å²) in [6, 6.07) is 3.84. The van der Waals surface area contributed by atoms with Crippen molar-refractivity contribution in [2.45, 2.75) is 32.9 Å². The van der Waals surface area contributed by atoms with Crippen LogP contribution in [-0.2, 0) is 19.6 Å². The van der Waals surface area contributed by atoms with Crippen LogP contribution in [0.25, 0.3) is 0 Å². The van der Waals surface area contributed by atoms with Gasteiger partial charge in [-0.3, -0.25) is 0 Å². The molecule has 114 valence electrons. The summed E-state index contributed by atoms with van der Waals surface area (Å²) in [6.07, 6.45) is 2.12. The molecule has 0 bridgehead atoms. The number of hydrogen-bond donors (Lipinski definition) is 1. The second kappa shape index (κ2) is 7.77. The molecule has 0 saturated heterocycles. The molecule has 0 radical (unpaired) electrons. The average molecular weight is 371 g/mol. The van der Waals surface area contributed by atoms with Crippen molar-refractivity contribution < 1.29 is 9.47 Å². The molecule has 1 aromatic carbocycles. The highest BCUT2D eigenvalue weighted by Crippen LogP contribution is 2.37. The lowest BCUT2D eigenvalue weighted by atomic mass is 10.2. The van der Waals surface area contributed by atoms with E-state index >= 15 is 0 Å². The first-order valence-corrected chi connectivity index (χ1v) is 8.47. The Kier molecular flexibility index (Phi) is 6.02. The van der Waals surface area contributed by atoms with Crippen LogP contribution in [0.5, 0.6) is 11.5 Å². The summed E-state index contributed by atoms with van der Waals surface area (Å²) in [6.45, 7) is 3.04. The highest BCUT2D eigenvalue weighted by Gasteiger charge is 2.12. The maximum atomic E-state index is 5.87. The van der Waals surface area contributed by atoms with Crippen LogP contribution in [0, 0.1) is 0 Å². The maximum absolute atomic E-state index is 5.87. The van der Waals surface area contributed by atoms with Crippen LogP contribution in [0.1, 0.15) is 29.6 Å². The summed E-state index contributed by atoms with van der Waals surface area (Å²) < 4.78 is 12.1. The van der Waals surface area contributed by atoms with E-state index in [9.17, 15) is 0 Å². The molecule has 4 nitrogen and oxygen atoms in total. The fourth-order valence-corrected chi connectivity index (χ4v) is 3.41. The molecule has 0 aliphatic carbocycles. The number of rotatable bonds is 7. The molecule has 0 saturated carbocycles. The minimum atomic E-state index is 0.428. The Bertz CT molecular complexity index is 601. The predicted molar refractivity (Wildman–Crippen MR) is 89.0 cm³/mol. The van der Waals surface area contributed by atoms with Crippen molar-refractivity contribution in [1.82, 2.24) is 4.98 Å². The number of thiazole rings is 1. The van der Waals surface area contributed by atoms with Crippen molar-refractivity contribution in [3.8, 4) is 11.5 Å². The summed E-state index contributed by atoms with van der Waals surface area (Å²) in [4.78, 5) is 4.55. The molecule has 2 aromatic rings. The Labute approximate surface area is 137 Å². The number of benzene rings is 1. The number of methoxy groups -OCH3 is 1. The van der Waals surface area contributed by atoms with E-state index in [1.54, 1.807) is 18.4 Å². The second-order valence-electron chi connectivity index (χ2n) is 4.58. The van der Waals surface area contributed by atoms with Crippen molar-refractivity contribution in [1.29, 1.82) is 0 Å². The fraction of sp³-hybridized carbons (Fsp3) is 0.400. The molecule has 0 spiro atoms. The quantitative estimate of drug-likeness (QED) is 0.802. The summed E-state index contributed by atoms with van der Waals surface area (Å²) in [5.74, 6) is 1.36. The minimum absolute atomic E-state index is 0.428. The molecule has 21 heavy (non-hydrogen) atoms. The monoisotopic (exact) mass is 370 g/mol. The van der Waals surface area contributed by atoms with Crippen molar-refractivity contribution in [2.24, 2.45) is 5.73 Å². The van der Waals surface area contributed by atoms with E-state index in [-0.39, 0.29) is 0 Å². The average Bonchev–Trinajstić information content (AvgIpc) is 2.93. The van der Waals surface area contributed by atoms with Gasteiger partial charge in [-0.25, -0.2) is 4.98 Å². The molecule has 6 heteroatoms. The zero-order valence-corrected chi connectivity index (χ0v) is 14.6. The van der Waals surface area contributed by atoms with Gasteiger partial charge in [0.25, 0.3) is 0 Å². The molecular formula is C15H19BrN2O2S. The first kappa shape index (κ1) is 16.3. The van der Waals surface area contributed by atoms with Gasteiger partial charge in [0.05, 0.1) is 22.3 Å². The van der Waals surface area contributed by atoms with Crippen LogP contribution in [0.3, 0.4) is 0 Å². The highest BCUT2D eigenvalue weighted by molar-refractivity contribution is 9.10. The summed E-state index contributed by atoms with van der Waals surface area (Å²) >= 11 is 5.18. The Balaban J connectivity index is 2.11. The standard InChI is InChI=1S/C15H19BrN2O2S/c1-3-4-14-18-11(9-21-14)8-20-15-12(16)5-10(7-17)6-13(15)19-2/h5-6,9H,3-4,7-8,17H2,1-2H3. The SMILES string of the molecule is CCCc1nc(COc2c(Br)cc(CN)cc2OC)cs1. The van der Waals surface area contributed by atoms with Crippen LogP contribution in [0.2, 0.25) is 0 Å². The number of aromatic nitrogens is 1. The Morgan fingerprint density at radius 2 is 2.19 bits per heavy atom. The van der Waals surface area contributed by atoms with Crippen LogP contribution in [-0.4, -0.2) is 12.1 Å². The molecule has 0 aliphatic heterocycles. The van der Waals surface area contributed by atoms with Gasteiger partial charge in [-0.2, -0.15) is 0 Å². The Morgan fingerprint density at radius 3 is 2.86 bits per heavy atom. The van der Waals surface area contributed by atoms with Gasteiger partial charge < -0.3 is 15.2 Å². The molecule has 0 aliphatic rings. The number of ether oxygens (including phenoxy) is 2. The third-order valence-electron chi connectivity index (χ3n) is 2.95. The van der Waals surface area contributed by atoms with E-state index < -0.39 is 0 Å². The molecule has 0 fully saturated rings. The zero-order chi connectivity index (χ0) is 15.2. The summed E-state index contributed by atoms with van der Waals surface area (Å²) in [7, 11) is 1.62. The molecule has 0 amide bonds. The first-order valence-electron chi connectivity index (χ1n) is 6.80. The molecule has 2 rings (SSSR count). The highest BCUT2D eigenvalue weighted by atomic mass is 79.9. The normalized spacial score (nSPS) is 10.7. The molecule has 0 atom stereocenters. The second-order valence-corrected chi connectivity index (χ2v) is 6.38. The van der Waals surface area contributed by atoms with Gasteiger partial charge in [-0.15, -0.1) is 11.3 Å². The topological polar surface area (TPSA) is 57.4 Å². The van der Waals surface area contributed by atoms with Gasteiger partial charge in [0.2, 0.25) is 0 Å². The van der Waals surface area contributed by atoms with E-state index in [4.69, 9.17) is 15.2 Å². The number of halogens is 1. The maximum Gasteiger partial charge on any atom is 0.175 e. The molecule has 1 heterocycles. The lowest BCUT2D eigenvalue weighted by molar-refractivity contribution is 0.279. The van der Waals surface area contributed by atoms with E-state index in [1.165, 1.54) is 0 Å². The van der Waals surface area contributed by atoms with E-state index in [0.717, 1.165) is 33.6 Å². The molecule has 1 aromatic heterocycles. The van der Waals surface area contributed by atoms with E-state index in [1.807, 2.05) is 17.5 Å². The van der Waals surface area contributed by atoms with E-state index in [2.05, 4.69) is 27.8 Å². The number of nitrogens with two attached hydrogens (primary N) is 1. The molecular weight excluding hydrogens is 352 g/mol. The van der Waals surface area contributed by atoms with Crippen molar-refractivity contribution in [3.63, 3.8) is 0 Å². The first-order chi connectivity index (χ1) is 10.2. The Hall–Kier alpha value is -1.11. The van der Waals surface area contributed by atoms with E-state index in [0.29, 0.717) is 24.7 Å².